The monoisotopic (exact) mass is 2120 g/mol. The molecule has 1 aliphatic carbocycles. The second-order valence-electron chi connectivity index (χ2n) is 42.0. The summed E-state index contributed by atoms with van der Waals surface area (Å²) in [6.07, 6.45) is 2.50. The van der Waals surface area contributed by atoms with Crippen LogP contribution in [0.25, 0.3) is 11.1 Å². The highest BCUT2D eigenvalue weighted by molar-refractivity contribution is 7.88. The lowest BCUT2D eigenvalue weighted by molar-refractivity contribution is -0.0500. The van der Waals surface area contributed by atoms with Crippen molar-refractivity contribution in [2.24, 2.45) is 17.8 Å². The minimum absolute atomic E-state index is 0.00453. The molecule has 143 heavy (non-hydrogen) atoms. The summed E-state index contributed by atoms with van der Waals surface area (Å²) in [4.78, 5) is 12.4. The Kier molecular flexibility index (Phi) is 34.1. The molecule has 1 fully saturated rings. The number of benzene rings is 9. The van der Waals surface area contributed by atoms with Crippen LogP contribution in [0.1, 0.15) is 176 Å². The largest absolute Gasteiger partial charge is 0.534 e. The van der Waals surface area contributed by atoms with Crippen LogP contribution in [0.4, 0.5) is 18.0 Å². The molecule has 0 amide bonds. The van der Waals surface area contributed by atoms with Crippen molar-refractivity contribution in [2.45, 2.75) is 220 Å². The minimum Gasteiger partial charge on any atom is -0.508 e. The maximum absolute atomic E-state index is 14.0. The number of methoxy groups -OCH3 is 6. The van der Waals surface area contributed by atoms with Gasteiger partial charge in [-0.05, 0) is 59.9 Å². The number of hydrogen-bond donors (Lipinski definition) is 3. The van der Waals surface area contributed by atoms with Gasteiger partial charge in [0, 0.05) is 103 Å². The van der Waals surface area contributed by atoms with E-state index in [0.29, 0.717) is 121 Å². The molecule has 9 aromatic rings. The Balaban J connectivity index is 0.000000165. The van der Waals surface area contributed by atoms with E-state index in [1.165, 1.54) is 50.6 Å². The summed E-state index contributed by atoms with van der Waals surface area (Å²) in [5, 5.41) is 30.0. The highest BCUT2D eigenvalue weighted by Gasteiger charge is 2.56. The molecule has 3 N–H and O–H groups in total. The molecule has 0 aromatic heterocycles. The van der Waals surface area contributed by atoms with Crippen molar-refractivity contribution in [1.82, 2.24) is 0 Å². The molecule has 0 bridgehead atoms. The van der Waals surface area contributed by atoms with Crippen molar-refractivity contribution in [3.63, 3.8) is 0 Å². The van der Waals surface area contributed by atoms with E-state index in [0.717, 1.165) is 52.9 Å². The van der Waals surface area contributed by atoms with E-state index in [4.69, 9.17) is 75.8 Å². The van der Waals surface area contributed by atoms with Gasteiger partial charge in [0.25, 0.3) is 0 Å². The number of phenolic OH excluding ortho intramolecular Hbond substituents is 3. The molecule has 1 saturated carbocycles. The maximum atomic E-state index is 14.0. The molecule has 782 valence electrons. The van der Waals surface area contributed by atoms with Crippen LogP contribution in [-0.2, 0) is 55.5 Å². The number of fused-ring (bicyclic) bond motifs is 6. The van der Waals surface area contributed by atoms with Gasteiger partial charge in [-0.25, -0.2) is 4.79 Å². The Morgan fingerprint density at radius 1 is 0.392 bits per heavy atom. The van der Waals surface area contributed by atoms with Crippen LogP contribution in [0.15, 0.2) is 152 Å². The lowest BCUT2D eigenvalue weighted by Crippen LogP contribution is -2.36. The lowest BCUT2D eigenvalue weighted by Gasteiger charge is -2.36. The number of carbonyl (C=O) groups excluding carboxylic acids is 1. The summed E-state index contributed by atoms with van der Waals surface area (Å²) in [6.45, 7) is 41.1. The van der Waals surface area contributed by atoms with Gasteiger partial charge in [0.1, 0.15) is 166 Å². The number of hydrogen-bond acceptors (Lipinski definition) is 29. The first-order valence-corrected chi connectivity index (χ1v) is 59.2. The standard InChI is InChI=1S/C22H33O6P.C20H25O5P.C19H23O4P.C18H21O4P.C13H16F3O6PS.C12H17O4P/c1-13(2)16-8-7-14(3)9-18(16)28-21(24)27-15-10-17(23)20-19(11-15)26-12-29(20,25)22(4,5)6;1-20(2,3)26(21)12-25-17-11-13(22-4)10-14(19(17)26)18-15(23-5)8-7-9-16(18)24-6;1-19(2,3)24(20)13-23-17-11-15(21-4)10-16(18(17)24)22-12-14-8-6-5-7-9-14;1-18(2,3)23(20)12-22-16-10-14(19)9-15(17(16)23)21-11-13-7-5-4-6-8-13;1-12(2,3)23(17)7-21-9-5-8(20-4)6-10(11(9)23)22-24(18,19)13(14,15)16;1-12(2,3)17(14)7-16-10-6-8(15-4)5-9(13)11(10)17/h10-11,13-14,16,18,23H,7-9,12H2,1-6H3;7-11H,12H2,1-6H3;5-11H,12-13H2,1-4H3;4-10,19H,11-12H2,1-3H3;5-6H,7H2,1-4H3;5-6,13H,7H2,1-4H3/t14-,16+,18?,29?;;;;;/m0...../s1. The Bertz CT molecular complexity index is 6570. The fourth-order valence-corrected chi connectivity index (χ4v) is 32.4. The normalized spacial score (nSPS) is 22.1. The zero-order valence-corrected chi connectivity index (χ0v) is 92.4. The zero-order valence-electron chi connectivity index (χ0n) is 86.2. The molecule has 7 unspecified atom stereocenters. The number of carbonyl (C=O) groups is 1. The molecular formula is C104H135F3O29P6S. The second kappa shape index (κ2) is 43.1. The lowest BCUT2D eigenvalue weighted by atomic mass is 9.75. The summed E-state index contributed by atoms with van der Waals surface area (Å²) in [7, 11) is -14.2. The minimum atomic E-state index is -5.93. The zero-order chi connectivity index (χ0) is 106. The van der Waals surface area contributed by atoms with Crippen LogP contribution in [0.3, 0.4) is 0 Å². The van der Waals surface area contributed by atoms with Crippen molar-refractivity contribution in [3.8, 4) is 120 Å². The smallest absolute Gasteiger partial charge is 0.508 e. The van der Waals surface area contributed by atoms with Crippen LogP contribution in [0.5, 0.6) is 109 Å². The highest BCUT2D eigenvalue weighted by Crippen LogP contribution is 2.70. The van der Waals surface area contributed by atoms with Crippen LogP contribution in [0.2, 0.25) is 0 Å². The van der Waals surface area contributed by atoms with Crippen LogP contribution >= 0.6 is 42.9 Å². The number of phenols is 3. The molecule has 29 nitrogen and oxygen atoms in total. The van der Waals surface area contributed by atoms with Crippen LogP contribution in [0, 0.1) is 17.8 Å². The molecule has 0 spiro atoms. The molecule has 7 aliphatic rings. The third-order valence-corrected chi connectivity index (χ3v) is 50.2. The van der Waals surface area contributed by atoms with Gasteiger partial charge >= 0.3 is 21.8 Å². The van der Waals surface area contributed by atoms with Gasteiger partial charge in [-0.3, -0.25) is 0 Å². The third kappa shape index (κ3) is 23.6. The van der Waals surface area contributed by atoms with Crippen molar-refractivity contribution in [1.29, 1.82) is 0 Å². The number of ether oxygens (including phenoxy) is 16. The van der Waals surface area contributed by atoms with E-state index in [9.17, 15) is 69.1 Å². The van der Waals surface area contributed by atoms with E-state index in [1.54, 1.807) is 73.5 Å². The van der Waals surface area contributed by atoms with Crippen molar-refractivity contribution in [3.05, 3.63) is 163 Å². The topological polar surface area (TPSA) is 371 Å². The van der Waals surface area contributed by atoms with Crippen molar-refractivity contribution >= 4 is 91.0 Å². The first kappa shape index (κ1) is 113. The first-order chi connectivity index (χ1) is 66.4. The van der Waals surface area contributed by atoms with Gasteiger partial charge in [0.15, 0.2) is 48.6 Å². The van der Waals surface area contributed by atoms with Gasteiger partial charge in [0.05, 0.1) is 74.7 Å². The van der Waals surface area contributed by atoms with E-state index in [2.05, 4.69) is 25.0 Å². The highest BCUT2D eigenvalue weighted by atomic mass is 32.2. The fraction of sp³-hybridized carbons (Fsp3) is 0.471. The number of aromatic hydroxyl groups is 3. The predicted octanol–water partition coefficient (Wildman–Crippen LogP) is 24.1. The molecule has 9 aromatic carbocycles. The maximum Gasteiger partial charge on any atom is 0.534 e. The summed E-state index contributed by atoms with van der Waals surface area (Å²) in [5.74, 6) is 7.09. The Morgan fingerprint density at radius 3 is 1.08 bits per heavy atom. The van der Waals surface area contributed by atoms with Gasteiger partial charge in [-0.2, -0.15) is 21.6 Å². The second-order valence-corrected chi connectivity index (χ2v) is 64.7. The molecule has 0 saturated heterocycles. The molecule has 0 radical (unpaired) electrons. The van der Waals surface area contributed by atoms with E-state index < -0.39 is 101 Å². The molecule has 39 heteroatoms. The first-order valence-electron chi connectivity index (χ1n) is 46.5. The molecular weight excluding hydrogens is 1990 g/mol. The van der Waals surface area contributed by atoms with Crippen molar-refractivity contribution in [2.75, 3.05) is 80.7 Å². The third-order valence-electron chi connectivity index (χ3n) is 26.2. The van der Waals surface area contributed by atoms with Crippen molar-refractivity contribution < 1.29 is 149 Å². The SMILES string of the molecule is CC(C)(C)P1(=O)COc2cc(O)cc(OCc3ccccc3)c21.CC(C)[C@H]1CC[C@H](C)CC1OC(=O)Oc1cc(O)c2c(c1)OCP2(=O)C(C)(C)C.COc1cc(O)c2c(c1)OCP2(=O)C(C)(C)C.COc1cc(OCc2ccccc2)c2c(c1)OCP2(=O)C(C)(C)C.COc1cc2c(c(-c3c(OC)cccc3OC)c1)P(=O)(C(C)(C)C)CO2.COc1cc2c(c(OS(=O)(=O)C(F)(F)F)c1)P(=O)(C(C)(C)C)CO2. The molecule has 9 atom stereocenters. The van der Waals surface area contributed by atoms with E-state index in [-0.39, 0.29) is 84.0 Å². The Hall–Kier alpha value is -10.2. The van der Waals surface area contributed by atoms with E-state index >= 15 is 0 Å². The Labute approximate surface area is 837 Å². The summed E-state index contributed by atoms with van der Waals surface area (Å²) >= 11 is 0. The Morgan fingerprint density at radius 2 is 0.713 bits per heavy atom. The van der Waals surface area contributed by atoms with Crippen LogP contribution < -0.4 is 107 Å². The predicted molar refractivity (Wildman–Crippen MR) is 553 cm³/mol. The van der Waals surface area contributed by atoms with Gasteiger partial charge in [0.2, 0.25) is 0 Å². The summed E-state index contributed by atoms with van der Waals surface area (Å²) in [5.41, 5.74) is -2.03. The number of alkyl halides is 3. The average molecular weight is 2120 g/mol. The average Bonchev–Trinajstić information content (AvgIpc) is 1.63. The van der Waals surface area contributed by atoms with Gasteiger partial charge in [-0.1, -0.05) is 219 Å². The van der Waals surface area contributed by atoms with Gasteiger partial charge < -0.3 is 123 Å². The van der Waals surface area contributed by atoms with Crippen LogP contribution in [-0.4, -0.2) is 153 Å². The molecule has 16 rings (SSSR count). The molecule has 6 heterocycles. The summed E-state index contributed by atoms with van der Waals surface area (Å²) < 4.78 is 234. The number of halogens is 3. The summed E-state index contributed by atoms with van der Waals surface area (Å²) in [6, 6.07) is 43.8. The quantitative estimate of drug-likeness (QED) is 0.0236. The van der Waals surface area contributed by atoms with E-state index in [1.807, 2.05) is 189 Å². The fourth-order valence-electron chi connectivity index (χ4n) is 17.0. The van der Waals surface area contributed by atoms with Gasteiger partial charge in [-0.15, -0.1) is 0 Å². The molecule has 6 aliphatic heterocycles. The number of rotatable bonds is 18.